The van der Waals surface area contributed by atoms with Crippen LogP contribution in [-0.2, 0) is 11.3 Å². The maximum Gasteiger partial charge on any atom is 0.294 e. The molecule has 6 nitrogen and oxygen atoms in total. The average Bonchev–Trinajstić information content (AvgIpc) is 2.96. The van der Waals surface area contributed by atoms with E-state index in [9.17, 15) is 9.59 Å². The Morgan fingerprint density at radius 1 is 1.23 bits per heavy atom. The number of rotatable bonds is 6. The van der Waals surface area contributed by atoms with Crippen molar-refractivity contribution in [1.82, 2.24) is 14.5 Å². The molecule has 3 aromatic rings. The molecule has 1 amide bonds. The molecule has 0 aliphatic rings. The maximum absolute atomic E-state index is 13.2. The normalized spacial score (nSPS) is 11.6. The monoisotopic (exact) mass is 372 g/mol. The predicted molar refractivity (Wildman–Crippen MR) is 108 cm³/mol. The fourth-order valence-electron chi connectivity index (χ4n) is 3.05. The van der Waals surface area contributed by atoms with E-state index in [-0.39, 0.29) is 17.3 Å². The van der Waals surface area contributed by atoms with Crippen molar-refractivity contribution in [3.63, 3.8) is 0 Å². The Labute approximate surface area is 156 Å². The summed E-state index contributed by atoms with van der Waals surface area (Å²) < 4.78 is 2.88. The van der Waals surface area contributed by atoms with Gasteiger partial charge in [-0.15, -0.1) is 11.3 Å². The third-order valence-electron chi connectivity index (χ3n) is 4.32. The second-order valence-corrected chi connectivity index (χ2v) is 7.65. The van der Waals surface area contributed by atoms with Crippen molar-refractivity contribution >= 4 is 43.5 Å². The van der Waals surface area contributed by atoms with Crippen molar-refractivity contribution < 1.29 is 4.79 Å². The molecule has 0 saturated carbocycles. The third kappa shape index (κ3) is 3.37. The van der Waals surface area contributed by atoms with Crippen LogP contribution in [-0.4, -0.2) is 47.5 Å². The number of nitrogens with zero attached hydrogens (tertiary/aromatic N) is 4. The van der Waals surface area contributed by atoms with E-state index in [4.69, 9.17) is 0 Å². The van der Waals surface area contributed by atoms with Crippen molar-refractivity contribution in [2.75, 3.05) is 32.1 Å². The lowest BCUT2D eigenvalue weighted by Crippen LogP contribution is -2.40. The summed E-state index contributed by atoms with van der Waals surface area (Å²) in [7, 11) is 3.88. The first-order chi connectivity index (χ1) is 12.4. The van der Waals surface area contributed by atoms with Crippen LogP contribution in [0, 0.1) is 0 Å². The first-order valence-corrected chi connectivity index (χ1v) is 9.60. The number of hydrogen-bond donors (Lipinski definition) is 0. The molecule has 7 heteroatoms. The van der Waals surface area contributed by atoms with E-state index in [1.54, 1.807) is 15.9 Å². The lowest BCUT2D eigenvalue weighted by molar-refractivity contribution is -0.116. The Bertz CT molecular complexity index is 1010. The van der Waals surface area contributed by atoms with Crippen molar-refractivity contribution in [2.45, 2.75) is 26.8 Å². The molecule has 0 bridgehead atoms. The maximum atomic E-state index is 13.2. The second kappa shape index (κ2) is 7.55. The van der Waals surface area contributed by atoms with E-state index in [1.165, 1.54) is 11.8 Å². The molecule has 3 rings (SSSR count). The van der Waals surface area contributed by atoms with Crippen LogP contribution in [0.2, 0.25) is 0 Å². The molecule has 1 aromatic carbocycles. The summed E-state index contributed by atoms with van der Waals surface area (Å²) in [5, 5.41) is 1.04. The van der Waals surface area contributed by atoms with Gasteiger partial charge >= 0.3 is 0 Å². The van der Waals surface area contributed by atoms with Gasteiger partial charge in [0, 0.05) is 36.6 Å². The topological polar surface area (TPSA) is 58.4 Å². The molecule has 0 saturated heterocycles. The van der Waals surface area contributed by atoms with Crippen LogP contribution < -0.4 is 10.5 Å². The fraction of sp³-hybridized carbons (Fsp3) is 0.421. The summed E-state index contributed by atoms with van der Waals surface area (Å²) in [6, 6.07) is 8.02. The summed E-state index contributed by atoms with van der Waals surface area (Å²) >= 11 is 1.56. The van der Waals surface area contributed by atoms with Crippen molar-refractivity contribution in [3.8, 4) is 0 Å². The number of carbonyl (C=O) groups is 1. The van der Waals surface area contributed by atoms with E-state index < -0.39 is 0 Å². The number of amides is 1. The van der Waals surface area contributed by atoms with Crippen LogP contribution in [0.5, 0.6) is 0 Å². The molecule has 2 aromatic heterocycles. The number of carbonyl (C=O) groups excluding carboxylic acids is 1. The Hall–Kier alpha value is -2.25. The van der Waals surface area contributed by atoms with Crippen LogP contribution in [0.3, 0.4) is 0 Å². The minimum Gasteiger partial charge on any atom is -0.308 e. The van der Waals surface area contributed by atoms with Crippen LogP contribution in [0.15, 0.2) is 29.1 Å². The number of aryl methyl sites for hydroxylation is 1. The third-order valence-corrected chi connectivity index (χ3v) is 5.37. The molecule has 26 heavy (non-hydrogen) atoms. The second-order valence-electron chi connectivity index (χ2n) is 6.62. The highest BCUT2D eigenvalue weighted by molar-refractivity contribution is 7.25. The van der Waals surface area contributed by atoms with Gasteiger partial charge in [0.2, 0.25) is 11.7 Å². The molecule has 0 N–H and O–H groups in total. The SMILES string of the molecule is CCCn1c(=O)c(N(CCN(C)C)C(C)=O)nc2sc3ccccc3c21. The molecule has 0 radical (unpaired) electrons. The summed E-state index contributed by atoms with van der Waals surface area (Å²) in [4.78, 5) is 34.3. The predicted octanol–water partition coefficient (Wildman–Crippen LogP) is 2.94. The smallest absolute Gasteiger partial charge is 0.294 e. The van der Waals surface area contributed by atoms with Crippen LogP contribution in [0.4, 0.5) is 5.82 Å². The average molecular weight is 372 g/mol. The first kappa shape index (κ1) is 18.5. The molecular weight excluding hydrogens is 348 g/mol. The summed E-state index contributed by atoms with van der Waals surface area (Å²) in [6.45, 7) is 5.23. The highest BCUT2D eigenvalue weighted by Gasteiger charge is 2.22. The number of benzene rings is 1. The van der Waals surface area contributed by atoms with Gasteiger partial charge in [-0.25, -0.2) is 4.98 Å². The van der Waals surface area contributed by atoms with E-state index in [1.807, 2.05) is 50.2 Å². The van der Waals surface area contributed by atoms with E-state index in [0.717, 1.165) is 26.9 Å². The standard InChI is InChI=1S/C19H24N4O2S/c1-5-10-23-16-14-8-6-7-9-15(14)26-18(16)20-17(19(23)25)22(13(2)24)12-11-21(3)4/h6-9H,5,10-12H2,1-4H3. The number of aromatic nitrogens is 2. The van der Waals surface area contributed by atoms with Gasteiger partial charge in [0.1, 0.15) is 4.83 Å². The Morgan fingerprint density at radius 3 is 2.62 bits per heavy atom. The van der Waals surface area contributed by atoms with E-state index in [2.05, 4.69) is 4.98 Å². The minimum atomic E-state index is -0.197. The Balaban J connectivity index is 2.26. The zero-order chi connectivity index (χ0) is 18.8. The highest BCUT2D eigenvalue weighted by atomic mass is 32.1. The van der Waals surface area contributed by atoms with Crippen LogP contribution in [0.25, 0.3) is 20.4 Å². The lowest BCUT2D eigenvalue weighted by Gasteiger charge is -2.22. The molecular formula is C19H24N4O2S. The molecule has 0 unspecified atom stereocenters. The number of fused-ring (bicyclic) bond motifs is 3. The number of anilines is 1. The number of likely N-dealkylation sites (N-methyl/N-ethyl adjacent to an activating group) is 1. The zero-order valence-electron chi connectivity index (χ0n) is 15.7. The number of thiophene rings is 1. The largest absolute Gasteiger partial charge is 0.308 e. The highest BCUT2D eigenvalue weighted by Crippen LogP contribution is 2.32. The van der Waals surface area contributed by atoms with E-state index >= 15 is 0 Å². The Kier molecular flexibility index (Phi) is 5.38. The molecule has 138 valence electrons. The van der Waals surface area contributed by atoms with Gasteiger partial charge in [-0.3, -0.25) is 14.5 Å². The van der Waals surface area contributed by atoms with Crippen LogP contribution >= 0.6 is 11.3 Å². The van der Waals surface area contributed by atoms with Gasteiger partial charge in [0.15, 0.2) is 0 Å². The van der Waals surface area contributed by atoms with Gasteiger partial charge in [-0.05, 0) is 26.6 Å². The molecule has 0 aliphatic heterocycles. The number of hydrogen-bond acceptors (Lipinski definition) is 5. The Morgan fingerprint density at radius 2 is 1.96 bits per heavy atom. The van der Waals surface area contributed by atoms with E-state index in [0.29, 0.717) is 19.6 Å². The molecule has 0 aliphatic carbocycles. The van der Waals surface area contributed by atoms with Crippen LogP contribution in [0.1, 0.15) is 20.3 Å². The summed E-state index contributed by atoms with van der Waals surface area (Å²) in [5.74, 6) is 0.0619. The van der Waals surface area contributed by atoms with Gasteiger partial charge in [0.25, 0.3) is 5.56 Å². The molecule has 0 atom stereocenters. The van der Waals surface area contributed by atoms with Crippen molar-refractivity contribution in [1.29, 1.82) is 0 Å². The van der Waals surface area contributed by atoms with Gasteiger partial charge < -0.3 is 9.47 Å². The molecule has 2 heterocycles. The molecule has 0 spiro atoms. The van der Waals surface area contributed by atoms with Crippen molar-refractivity contribution in [2.24, 2.45) is 0 Å². The summed E-state index contributed by atoms with van der Waals surface area (Å²) in [6.07, 6.45) is 0.834. The minimum absolute atomic E-state index is 0.167. The summed E-state index contributed by atoms with van der Waals surface area (Å²) in [5.41, 5.74) is 0.675. The lowest BCUT2D eigenvalue weighted by atomic mass is 10.2. The zero-order valence-corrected chi connectivity index (χ0v) is 16.5. The van der Waals surface area contributed by atoms with Gasteiger partial charge in [0.05, 0.1) is 5.52 Å². The first-order valence-electron chi connectivity index (χ1n) is 8.79. The van der Waals surface area contributed by atoms with Gasteiger partial charge in [-0.1, -0.05) is 25.1 Å². The van der Waals surface area contributed by atoms with Gasteiger partial charge in [-0.2, -0.15) is 0 Å². The quantitative estimate of drug-likeness (QED) is 0.668. The van der Waals surface area contributed by atoms with Crippen molar-refractivity contribution in [3.05, 3.63) is 34.6 Å². The molecule has 0 fully saturated rings. The fourth-order valence-corrected chi connectivity index (χ4v) is 4.13.